The van der Waals surface area contributed by atoms with Gasteiger partial charge in [-0.05, 0) is 85.3 Å². The predicted octanol–water partition coefficient (Wildman–Crippen LogP) is 5.21. The average Bonchev–Trinajstić information content (AvgIpc) is 2.95. The summed E-state index contributed by atoms with van der Waals surface area (Å²) in [5.41, 5.74) is 5.01. The third-order valence-electron chi connectivity index (χ3n) is 5.49. The van der Waals surface area contributed by atoms with Crippen molar-refractivity contribution < 1.29 is 23.9 Å². The van der Waals surface area contributed by atoms with E-state index in [0.717, 1.165) is 5.56 Å². The number of anilines is 2. The zero-order valence-corrected chi connectivity index (χ0v) is 21.9. The van der Waals surface area contributed by atoms with Gasteiger partial charge in [0.05, 0.1) is 23.0 Å². The molecule has 0 bridgehead atoms. The molecule has 0 unspecified atom stereocenters. The number of benzene rings is 4. The minimum atomic E-state index is -1.03. The van der Waals surface area contributed by atoms with Crippen molar-refractivity contribution in [2.45, 2.75) is 6.92 Å². The highest BCUT2D eigenvalue weighted by molar-refractivity contribution is 6.40. The van der Waals surface area contributed by atoms with Crippen molar-refractivity contribution in [3.8, 4) is 5.75 Å². The Labute approximate surface area is 234 Å². The number of aryl methyl sites for hydroxylation is 1. The molecule has 4 aromatic rings. The second-order valence-electron chi connectivity index (χ2n) is 8.48. The molecule has 40 heavy (non-hydrogen) atoms. The van der Waals surface area contributed by atoms with Crippen LogP contribution in [0.1, 0.15) is 31.8 Å². The first-order valence-electron chi connectivity index (χ1n) is 12.0. The molecule has 0 saturated heterocycles. The fourth-order valence-corrected chi connectivity index (χ4v) is 3.52. The van der Waals surface area contributed by atoms with Crippen molar-refractivity contribution in [1.82, 2.24) is 5.43 Å². The van der Waals surface area contributed by atoms with Gasteiger partial charge in [-0.3, -0.25) is 14.4 Å². The van der Waals surface area contributed by atoms with E-state index in [4.69, 9.17) is 16.3 Å². The van der Waals surface area contributed by atoms with Gasteiger partial charge in [-0.15, -0.1) is 0 Å². The lowest BCUT2D eigenvalue weighted by molar-refractivity contribution is -0.136. The molecule has 4 rings (SSSR count). The molecular weight excluding hydrogens is 532 g/mol. The second-order valence-corrected chi connectivity index (χ2v) is 8.92. The predicted molar refractivity (Wildman–Crippen MR) is 153 cm³/mol. The van der Waals surface area contributed by atoms with Crippen molar-refractivity contribution in [3.05, 3.63) is 124 Å². The number of carbonyl (C=O) groups excluding carboxylic acids is 4. The number of ether oxygens (including phenoxy) is 1. The van der Waals surface area contributed by atoms with E-state index < -0.39 is 23.7 Å². The van der Waals surface area contributed by atoms with Gasteiger partial charge in [0.2, 0.25) is 0 Å². The molecule has 9 nitrogen and oxygen atoms in total. The van der Waals surface area contributed by atoms with Gasteiger partial charge in [0, 0.05) is 10.7 Å². The molecule has 0 aromatic heterocycles. The smallest absolute Gasteiger partial charge is 0.343 e. The quantitative estimate of drug-likeness (QED) is 0.0950. The number of nitrogens with zero attached hydrogens (tertiary/aromatic N) is 1. The summed E-state index contributed by atoms with van der Waals surface area (Å²) in [5.74, 6) is -2.67. The molecule has 0 aliphatic carbocycles. The number of rotatable bonds is 7. The Bertz CT molecular complexity index is 1570. The van der Waals surface area contributed by atoms with Crippen LogP contribution in [0.25, 0.3) is 0 Å². The van der Waals surface area contributed by atoms with Crippen LogP contribution < -0.4 is 20.8 Å². The topological polar surface area (TPSA) is 126 Å². The maximum Gasteiger partial charge on any atom is 0.343 e. The zero-order chi connectivity index (χ0) is 28.5. The number of amides is 3. The summed E-state index contributed by atoms with van der Waals surface area (Å²) in [6, 6.07) is 26.2. The van der Waals surface area contributed by atoms with E-state index in [9.17, 15) is 19.2 Å². The highest BCUT2D eigenvalue weighted by Crippen LogP contribution is 2.19. The molecule has 0 radical (unpaired) electrons. The molecule has 0 aliphatic heterocycles. The third-order valence-corrected chi connectivity index (χ3v) is 5.74. The maximum absolute atomic E-state index is 12.7. The summed E-state index contributed by atoms with van der Waals surface area (Å²) in [4.78, 5) is 49.6. The number of hydrogen-bond donors (Lipinski definition) is 3. The van der Waals surface area contributed by atoms with Crippen LogP contribution in [0.15, 0.2) is 102 Å². The van der Waals surface area contributed by atoms with E-state index in [1.165, 1.54) is 18.3 Å². The van der Waals surface area contributed by atoms with Crippen LogP contribution in [0.3, 0.4) is 0 Å². The molecule has 200 valence electrons. The highest BCUT2D eigenvalue weighted by atomic mass is 35.5. The van der Waals surface area contributed by atoms with Gasteiger partial charge in [-0.25, -0.2) is 10.2 Å². The molecule has 0 heterocycles. The standard InChI is InChI=1S/C30H23ClN4O5/c1-19-6-10-21(11-7-19)30(39)40-24-16-8-20(9-17-24)18-32-35-29(38)28(37)34-26-5-3-2-4-25(26)27(36)33-23-14-12-22(31)13-15-23/h2-18H,1H3,(H,33,36)(H,34,37)(H,35,38)/b32-18-. The van der Waals surface area contributed by atoms with Gasteiger partial charge in [-0.2, -0.15) is 5.10 Å². The monoisotopic (exact) mass is 554 g/mol. The Balaban J connectivity index is 1.30. The number of hydrazone groups is 1. The van der Waals surface area contributed by atoms with Crippen LogP contribution in [-0.4, -0.2) is 29.9 Å². The molecule has 3 amide bonds. The van der Waals surface area contributed by atoms with E-state index in [-0.39, 0.29) is 11.3 Å². The minimum absolute atomic E-state index is 0.147. The SMILES string of the molecule is Cc1ccc(C(=O)Oc2ccc(/C=N\NC(=O)C(=O)Nc3ccccc3C(=O)Nc3ccc(Cl)cc3)cc2)cc1. The van der Waals surface area contributed by atoms with Crippen molar-refractivity contribution >= 4 is 52.9 Å². The van der Waals surface area contributed by atoms with Crippen LogP contribution in [-0.2, 0) is 9.59 Å². The number of carbonyl (C=O) groups is 4. The summed E-state index contributed by atoms with van der Waals surface area (Å²) < 4.78 is 5.35. The van der Waals surface area contributed by atoms with E-state index in [2.05, 4.69) is 21.2 Å². The number of halogens is 1. The van der Waals surface area contributed by atoms with Crippen molar-refractivity contribution in [1.29, 1.82) is 0 Å². The van der Waals surface area contributed by atoms with E-state index in [0.29, 0.717) is 27.6 Å². The molecule has 0 fully saturated rings. The van der Waals surface area contributed by atoms with Gasteiger partial charge < -0.3 is 15.4 Å². The van der Waals surface area contributed by atoms with E-state index in [1.54, 1.807) is 72.8 Å². The first kappa shape index (κ1) is 27.7. The molecule has 0 spiro atoms. The Kier molecular flexibility index (Phi) is 9.01. The molecule has 0 saturated carbocycles. The lowest BCUT2D eigenvalue weighted by atomic mass is 10.1. The van der Waals surface area contributed by atoms with Crippen LogP contribution in [0.2, 0.25) is 5.02 Å². The Morgan fingerprint density at radius 1 is 0.775 bits per heavy atom. The van der Waals surface area contributed by atoms with Gasteiger partial charge in [0.25, 0.3) is 5.91 Å². The van der Waals surface area contributed by atoms with Crippen LogP contribution in [0.5, 0.6) is 5.75 Å². The lowest BCUT2D eigenvalue weighted by Crippen LogP contribution is -2.33. The highest BCUT2D eigenvalue weighted by Gasteiger charge is 2.18. The summed E-state index contributed by atoms with van der Waals surface area (Å²) >= 11 is 5.87. The fourth-order valence-electron chi connectivity index (χ4n) is 3.39. The normalized spacial score (nSPS) is 10.6. The van der Waals surface area contributed by atoms with Crippen LogP contribution in [0, 0.1) is 6.92 Å². The molecule has 0 atom stereocenters. The summed E-state index contributed by atoms with van der Waals surface area (Å²) in [5, 5.41) is 9.44. The first-order valence-corrected chi connectivity index (χ1v) is 12.4. The average molecular weight is 555 g/mol. The van der Waals surface area contributed by atoms with Gasteiger partial charge in [-0.1, -0.05) is 41.4 Å². The van der Waals surface area contributed by atoms with Crippen molar-refractivity contribution in [2.75, 3.05) is 10.6 Å². The fraction of sp³-hybridized carbons (Fsp3) is 0.0333. The lowest BCUT2D eigenvalue weighted by Gasteiger charge is -2.11. The Morgan fingerprint density at radius 2 is 1.45 bits per heavy atom. The van der Waals surface area contributed by atoms with Gasteiger partial charge in [0.1, 0.15) is 5.75 Å². The number of para-hydroxylation sites is 1. The second kappa shape index (κ2) is 13.0. The molecule has 4 aromatic carbocycles. The van der Waals surface area contributed by atoms with Crippen molar-refractivity contribution in [2.24, 2.45) is 5.10 Å². The largest absolute Gasteiger partial charge is 0.423 e. The zero-order valence-electron chi connectivity index (χ0n) is 21.2. The van der Waals surface area contributed by atoms with Crippen LogP contribution in [0.4, 0.5) is 11.4 Å². The van der Waals surface area contributed by atoms with Gasteiger partial charge >= 0.3 is 17.8 Å². The van der Waals surface area contributed by atoms with Gasteiger partial charge in [0.15, 0.2) is 0 Å². The van der Waals surface area contributed by atoms with E-state index in [1.807, 2.05) is 19.1 Å². The summed E-state index contributed by atoms with van der Waals surface area (Å²) in [7, 11) is 0. The van der Waals surface area contributed by atoms with Crippen LogP contribution >= 0.6 is 11.6 Å². The number of esters is 1. The summed E-state index contributed by atoms with van der Waals surface area (Å²) in [6.07, 6.45) is 1.32. The number of hydrogen-bond acceptors (Lipinski definition) is 6. The Hall–Kier alpha value is -5.28. The maximum atomic E-state index is 12.7. The molecule has 0 aliphatic rings. The molecular formula is C30H23ClN4O5. The van der Waals surface area contributed by atoms with E-state index >= 15 is 0 Å². The summed E-state index contributed by atoms with van der Waals surface area (Å²) in [6.45, 7) is 1.93. The minimum Gasteiger partial charge on any atom is -0.423 e. The Morgan fingerprint density at radius 3 is 2.15 bits per heavy atom. The van der Waals surface area contributed by atoms with Crippen molar-refractivity contribution in [3.63, 3.8) is 0 Å². The number of nitrogens with one attached hydrogen (secondary N) is 3. The third kappa shape index (κ3) is 7.62. The first-order chi connectivity index (χ1) is 19.3. The molecule has 10 heteroatoms. The molecule has 3 N–H and O–H groups in total.